The number of nitrogens with zero attached hydrogens (tertiary/aromatic N) is 2. The van der Waals surface area contributed by atoms with E-state index in [4.69, 9.17) is 5.11 Å². The molecule has 3 heterocycles. The fraction of sp³-hybridized carbons (Fsp3) is 0.429. The van der Waals surface area contributed by atoms with Crippen molar-refractivity contribution in [3.63, 3.8) is 0 Å². The molecule has 3 aliphatic rings. The third-order valence-corrected chi connectivity index (χ3v) is 7.02. The van der Waals surface area contributed by atoms with Crippen molar-refractivity contribution >= 4 is 35.3 Å². The Hall–Kier alpha value is -1.18. The van der Waals surface area contributed by atoms with E-state index in [0.717, 1.165) is 11.1 Å². The first-order valence-corrected chi connectivity index (χ1v) is 8.45. The van der Waals surface area contributed by atoms with Crippen LogP contribution < -0.4 is 0 Å². The molecule has 3 fully saturated rings. The molecule has 0 aromatic heterocycles. The lowest BCUT2D eigenvalue weighted by Gasteiger charge is -2.37. The van der Waals surface area contributed by atoms with Crippen molar-refractivity contribution in [2.45, 2.75) is 21.9 Å². The number of rotatable bonds is 2. The van der Waals surface area contributed by atoms with Crippen LogP contribution in [-0.2, 0) is 16.2 Å². The zero-order valence-electron chi connectivity index (χ0n) is 11.7. The molecule has 0 aliphatic carbocycles. The molecule has 3 aliphatic heterocycles. The van der Waals surface area contributed by atoms with Gasteiger partial charge in [0.05, 0.1) is 11.2 Å². The molecule has 0 saturated carbocycles. The Kier molecular flexibility index (Phi) is 3.90. The largest absolute Gasteiger partial charge is 0.392 e. The number of carbonyl (C=O) groups excluding carboxylic acids is 2. The molecule has 3 saturated heterocycles. The van der Waals surface area contributed by atoms with Crippen LogP contribution in [0.1, 0.15) is 15.7 Å². The molecule has 4 rings (SSSR count). The van der Waals surface area contributed by atoms with E-state index in [1.54, 1.807) is 23.9 Å². The minimum absolute atomic E-state index is 0.0128. The van der Waals surface area contributed by atoms with Crippen LogP contribution in [0.3, 0.4) is 0 Å². The molecule has 1 N–H and O–H groups in total. The van der Waals surface area contributed by atoms with E-state index >= 15 is 0 Å². The Labute approximate surface area is 131 Å². The topological polar surface area (TPSA) is 60.9 Å². The average Bonchev–Trinajstić information content (AvgIpc) is 2.72. The van der Waals surface area contributed by atoms with E-state index in [0.29, 0.717) is 0 Å². The van der Waals surface area contributed by atoms with Crippen LogP contribution in [0.15, 0.2) is 24.3 Å². The Morgan fingerprint density at radius 3 is 1.90 bits per heavy atom. The number of fused-ring (bicyclic) bond motifs is 4. The van der Waals surface area contributed by atoms with Gasteiger partial charge in [-0.25, -0.2) is 0 Å². The summed E-state index contributed by atoms with van der Waals surface area (Å²) in [6, 6.07) is 7.66. The van der Waals surface area contributed by atoms with Gasteiger partial charge in [-0.2, -0.15) is 0 Å². The quantitative estimate of drug-likeness (QED) is 0.887. The predicted molar refractivity (Wildman–Crippen MR) is 83.4 cm³/mol. The summed E-state index contributed by atoms with van der Waals surface area (Å²) in [6.45, 7) is 0.0128. The van der Waals surface area contributed by atoms with Gasteiger partial charge >= 0.3 is 0 Å². The van der Waals surface area contributed by atoms with Gasteiger partial charge < -0.3 is 14.9 Å². The lowest BCUT2D eigenvalue weighted by molar-refractivity contribution is -0.150. The second kappa shape index (κ2) is 5.55. The maximum atomic E-state index is 12.3. The van der Waals surface area contributed by atoms with Gasteiger partial charge in [-0.3, -0.25) is 9.59 Å². The van der Waals surface area contributed by atoms with Crippen LogP contribution >= 0.6 is 23.5 Å². The van der Waals surface area contributed by atoms with Crippen LogP contribution in [-0.4, -0.2) is 51.6 Å². The Bertz CT molecular complexity index is 550. The van der Waals surface area contributed by atoms with Gasteiger partial charge in [0, 0.05) is 14.1 Å². The Morgan fingerprint density at radius 1 is 1.00 bits per heavy atom. The molecule has 5 nitrogen and oxygen atoms in total. The Morgan fingerprint density at radius 2 is 1.48 bits per heavy atom. The summed E-state index contributed by atoms with van der Waals surface area (Å²) in [5.74, 6) is -0.0387. The lowest BCUT2D eigenvalue weighted by atomic mass is 10.2. The van der Waals surface area contributed by atoms with E-state index < -0.39 is 10.7 Å². The monoisotopic (exact) mass is 324 g/mol. The number of aliphatic hydroxyl groups is 1. The van der Waals surface area contributed by atoms with Crippen molar-refractivity contribution in [3.05, 3.63) is 35.4 Å². The average molecular weight is 324 g/mol. The SMILES string of the molecule is CN1C(=O)C2SC(c3ccc(CO)cc3)SC1C(=O)N2C. The van der Waals surface area contributed by atoms with E-state index in [2.05, 4.69) is 0 Å². The molecular weight excluding hydrogens is 308 g/mol. The smallest absolute Gasteiger partial charge is 0.256 e. The molecule has 21 heavy (non-hydrogen) atoms. The van der Waals surface area contributed by atoms with E-state index in [1.165, 1.54) is 23.5 Å². The normalized spacial score (nSPS) is 29.0. The standard InChI is InChI=1S/C14H16N2O3S2/c1-15-10(18)13-16(2)11(19)12(15)20-14(21-13)9-5-3-8(7-17)4-6-9/h3-6,12-14,17H,7H2,1-2H3. The van der Waals surface area contributed by atoms with E-state index in [9.17, 15) is 9.59 Å². The molecule has 1 aromatic carbocycles. The predicted octanol–water partition coefficient (Wildman–Crippen LogP) is 1.24. The molecule has 0 spiro atoms. The van der Waals surface area contributed by atoms with E-state index in [-0.39, 0.29) is 23.0 Å². The van der Waals surface area contributed by atoms with Crippen LogP contribution in [0.4, 0.5) is 0 Å². The summed E-state index contributed by atoms with van der Waals surface area (Å²) in [6.07, 6.45) is 0. The van der Waals surface area contributed by atoms with Crippen molar-refractivity contribution in [2.24, 2.45) is 0 Å². The van der Waals surface area contributed by atoms with Crippen molar-refractivity contribution in [3.8, 4) is 0 Å². The van der Waals surface area contributed by atoms with Gasteiger partial charge in [-0.1, -0.05) is 24.3 Å². The highest BCUT2D eigenvalue weighted by molar-refractivity contribution is 8.17. The van der Waals surface area contributed by atoms with Gasteiger partial charge in [0.1, 0.15) is 0 Å². The van der Waals surface area contributed by atoms with Gasteiger partial charge in [-0.05, 0) is 11.1 Å². The first kappa shape index (κ1) is 14.7. The molecule has 2 atom stereocenters. The summed E-state index contributed by atoms with van der Waals surface area (Å²) in [4.78, 5) is 27.7. The van der Waals surface area contributed by atoms with Crippen LogP contribution in [0.2, 0.25) is 0 Å². The number of benzene rings is 1. The Balaban J connectivity index is 1.92. The first-order valence-electron chi connectivity index (χ1n) is 6.57. The fourth-order valence-corrected chi connectivity index (χ4v) is 5.54. The summed E-state index contributed by atoms with van der Waals surface area (Å²) < 4.78 is 0.0237. The molecule has 2 bridgehead atoms. The van der Waals surface area contributed by atoms with Crippen LogP contribution in [0.5, 0.6) is 0 Å². The zero-order valence-corrected chi connectivity index (χ0v) is 13.4. The first-order chi connectivity index (χ1) is 10.0. The van der Waals surface area contributed by atoms with Crippen LogP contribution in [0, 0.1) is 0 Å². The molecule has 7 heteroatoms. The molecule has 0 radical (unpaired) electrons. The molecule has 1 aromatic rings. The van der Waals surface area contributed by atoms with Gasteiger partial charge in [0.25, 0.3) is 11.8 Å². The molecular formula is C14H16N2O3S2. The van der Waals surface area contributed by atoms with Crippen molar-refractivity contribution in [2.75, 3.05) is 14.1 Å². The molecule has 2 amide bonds. The summed E-state index contributed by atoms with van der Waals surface area (Å²) in [5.41, 5.74) is 1.91. The number of hydrogen-bond acceptors (Lipinski definition) is 5. The van der Waals surface area contributed by atoms with Crippen molar-refractivity contribution < 1.29 is 14.7 Å². The molecule has 2 unspecified atom stereocenters. The number of aliphatic hydroxyl groups excluding tert-OH is 1. The van der Waals surface area contributed by atoms with Gasteiger partial charge in [-0.15, -0.1) is 23.5 Å². The van der Waals surface area contributed by atoms with Gasteiger partial charge in [0.15, 0.2) is 10.7 Å². The zero-order chi connectivity index (χ0) is 15.1. The number of likely N-dealkylation sites (N-methyl/N-ethyl adjacent to an activating group) is 2. The minimum atomic E-state index is -0.462. The molecule has 112 valence electrons. The van der Waals surface area contributed by atoms with Crippen molar-refractivity contribution in [1.82, 2.24) is 9.80 Å². The third-order valence-electron chi connectivity index (χ3n) is 3.76. The van der Waals surface area contributed by atoms with Crippen molar-refractivity contribution in [1.29, 1.82) is 0 Å². The van der Waals surface area contributed by atoms with Crippen LogP contribution in [0.25, 0.3) is 0 Å². The number of piperazine rings is 1. The second-order valence-corrected chi connectivity index (χ2v) is 7.79. The third kappa shape index (κ3) is 2.43. The van der Waals surface area contributed by atoms with Gasteiger partial charge in [0.2, 0.25) is 0 Å². The van der Waals surface area contributed by atoms with E-state index in [1.807, 2.05) is 24.3 Å². The summed E-state index contributed by atoms with van der Waals surface area (Å²) in [7, 11) is 3.38. The highest BCUT2D eigenvalue weighted by Crippen LogP contribution is 2.51. The fourth-order valence-electron chi connectivity index (χ4n) is 2.41. The summed E-state index contributed by atoms with van der Waals surface area (Å²) in [5, 5.41) is 8.18. The highest BCUT2D eigenvalue weighted by atomic mass is 32.2. The second-order valence-electron chi connectivity index (χ2n) is 5.11. The number of hydrogen-bond donors (Lipinski definition) is 1. The maximum Gasteiger partial charge on any atom is 0.256 e. The highest BCUT2D eigenvalue weighted by Gasteiger charge is 2.49. The number of amides is 2. The number of carbonyl (C=O) groups is 2. The minimum Gasteiger partial charge on any atom is -0.392 e. The maximum absolute atomic E-state index is 12.3. The lowest BCUT2D eigenvalue weighted by Crippen LogP contribution is -2.58. The summed E-state index contributed by atoms with van der Waals surface area (Å²) >= 11 is 3.00. The number of thioether (sulfide) groups is 2.